The first-order valence-electron chi connectivity index (χ1n) is 2.82. The lowest BCUT2D eigenvalue weighted by atomic mass is 10.2. The standard InChI is InChI=1S/C7H10N2.ClH/c1-5-2-3-6(8)7(9)4-5;/h2-4H,8-9H2,1H3;1H. The molecule has 1 aromatic carbocycles. The highest BCUT2D eigenvalue weighted by atomic mass is 35.5. The molecule has 10 heavy (non-hydrogen) atoms. The molecule has 0 saturated heterocycles. The van der Waals surface area contributed by atoms with Gasteiger partial charge in [0.15, 0.2) is 0 Å². The normalized spacial score (nSPS) is 8.50. The van der Waals surface area contributed by atoms with E-state index in [1.165, 1.54) is 0 Å². The van der Waals surface area contributed by atoms with Gasteiger partial charge in [-0.2, -0.15) is 0 Å². The van der Waals surface area contributed by atoms with E-state index in [2.05, 4.69) is 0 Å². The average molecular weight is 159 g/mol. The SMILES string of the molecule is Cc1ccc(N)c(N)c1.Cl. The molecule has 4 N–H and O–H groups in total. The largest absolute Gasteiger partial charge is 0.397 e. The quantitative estimate of drug-likeness (QED) is 0.564. The van der Waals surface area contributed by atoms with Gasteiger partial charge in [0.25, 0.3) is 0 Å². The molecule has 0 aromatic heterocycles. The van der Waals surface area contributed by atoms with E-state index in [-0.39, 0.29) is 12.4 Å². The molecule has 0 radical (unpaired) electrons. The molecule has 0 fully saturated rings. The van der Waals surface area contributed by atoms with E-state index in [9.17, 15) is 0 Å². The van der Waals surface area contributed by atoms with E-state index in [0.717, 1.165) is 5.56 Å². The molecular weight excluding hydrogens is 148 g/mol. The number of benzene rings is 1. The highest BCUT2D eigenvalue weighted by Gasteiger charge is 1.90. The van der Waals surface area contributed by atoms with E-state index < -0.39 is 0 Å². The van der Waals surface area contributed by atoms with Crippen molar-refractivity contribution in [3.05, 3.63) is 23.8 Å². The van der Waals surface area contributed by atoms with Gasteiger partial charge in [-0.25, -0.2) is 0 Å². The first kappa shape index (κ1) is 9.11. The monoisotopic (exact) mass is 158 g/mol. The second-order valence-corrected chi connectivity index (χ2v) is 2.13. The third-order valence-corrected chi connectivity index (χ3v) is 1.24. The molecule has 0 heterocycles. The summed E-state index contributed by atoms with van der Waals surface area (Å²) in [5.74, 6) is 0. The number of nitrogens with two attached hydrogens (primary N) is 2. The number of hydrogen-bond donors (Lipinski definition) is 2. The lowest BCUT2D eigenvalue weighted by molar-refractivity contribution is 1.47. The molecule has 0 bridgehead atoms. The van der Waals surface area contributed by atoms with Gasteiger partial charge >= 0.3 is 0 Å². The van der Waals surface area contributed by atoms with Crippen LogP contribution in [0.4, 0.5) is 11.4 Å². The molecule has 1 aromatic rings. The Morgan fingerprint density at radius 1 is 1.10 bits per heavy atom. The molecule has 1 rings (SSSR count). The van der Waals surface area contributed by atoms with Crippen molar-refractivity contribution in [3.8, 4) is 0 Å². The predicted octanol–water partition coefficient (Wildman–Crippen LogP) is 1.58. The summed E-state index contributed by atoms with van der Waals surface area (Å²) in [6.45, 7) is 1.98. The maximum Gasteiger partial charge on any atom is 0.0550 e. The fourth-order valence-electron chi connectivity index (χ4n) is 0.694. The van der Waals surface area contributed by atoms with Crippen LogP contribution in [0.2, 0.25) is 0 Å². The van der Waals surface area contributed by atoms with Gasteiger partial charge in [0.2, 0.25) is 0 Å². The lowest BCUT2D eigenvalue weighted by Crippen LogP contribution is -1.93. The van der Waals surface area contributed by atoms with Crippen molar-refractivity contribution in [2.24, 2.45) is 0 Å². The molecule has 0 spiro atoms. The van der Waals surface area contributed by atoms with Gasteiger partial charge in [0, 0.05) is 0 Å². The lowest BCUT2D eigenvalue weighted by Gasteiger charge is -1.98. The third kappa shape index (κ3) is 1.81. The summed E-state index contributed by atoms with van der Waals surface area (Å²) in [7, 11) is 0. The third-order valence-electron chi connectivity index (χ3n) is 1.24. The maximum absolute atomic E-state index is 5.50. The van der Waals surface area contributed by atoms with Gasteiger partial charge in [0.05, 0.1) is 11.4 Å². The van der Waals surface area contributed by atoms with Crippen molar-refractivity contribution in [2.45, 2.75) is 6.92 Å². The van der Waals surface area contributed by atoms with Crippen LogP contribution in [-0.2, 0) is 0 Å². The summed E-state index contributed by atoms with van der Waals surface area (Å²) in [5, 5.41) is 0. The molecular formula is C7H11ClN2. The number of rotatable bonds is 0. The molecule has 0 atom stereocenters. The van der Waals surface area contributed by atoms with Crippen LogP contribution in [-0.4, -0.2) is 0 Å². The highest BCUT2D eigenvalue weighted by Crippen LogP contribution is 2.14. The summed E-state index contributed by atoms with van der Waals surface area (Å²) < 4.78 is 0. The van der Waals surface area contributed by atoms with Crippen molar-refractivity contribution < 1.29 is 0 Å². The van der Waals surface area contributed by atoms with Gasteiger partial charge in [-0.3, -0.25) is 0 Å². The molecule has 0 amide bonds. The predicted molar refractivity (Wildman–Crippen MR) is 47.3 cm³/mol. The summed E-state index contributed by atoms with van der Waals surface area (Å²) >= 11 is 0. The van der Waals surface area contributed by atoms with E-state index in [0.29, 0.717) is 11.4 Å². The van der Waals surface area contributed by atoms with E-state index in [4.69, 9.17) is 11.5 Å². The Morgan fingerprint density at radius 3 is 2.10 bits per heavy atom. The van der Waals surface area contributed by atoms with Crippen LogP contribution in [0.25, 0.3) is 0 Å². The molecule has 0 aliphatic carbocycles. The molecule has 2 nitrogen and oxygen atoms in total. The Kier molecular flexibility index (Phi) is 3.03. The topological polar surface area (TPSA) is 52.0 Å². The van der Waals surface area contributed by atoms with Gasteiger partial charge < -0.3 is 11.5 Å². The minimum Gasteiger partial charge on any atom is -0.397 e. The van der Waals surface area contributed by atoms with Gasteiger partial charge in [-0.15, -0.1) is 12.4 Å². The number of anilines is 2. The van der Waals surface area contributed by atoms with E-state index in [1.807, 2.05) is 25.1 Å². The summed E-state index contributed by atoms with van der Waals surface area (Å²) in [6, 6.07) is 5.60. The first-order chi connectivity index (χ1) is 4.20. The summed E-state index contributed by atoms with van der Waals surface area (Å²) in [6.07, 6.45) is 0. The fraction of sp³-hybridized carbons (Fsp3) is 0.143. The highest BCUT2D eigenvalue weighted by molar-refractivity contribution is 5.85. The fourth-order valence-corrected chi connectivity index (χ4v) is 0.694. The zero-order chi connectivity index (χ0) is 6.85. The number of nitrogen functional groups attached to an aromatic ring is 2. The van der Waals surface area contributed by atoms with Crippen LogP contribution in [0.15, 0.2) is 18.2 Å². The Bertz CT molecular complexity index is 223. The zero-order valence-electron chi connectivity index (χ0n) is 5.79. The van der Waals surface area contributed by atoms with Crippen molar-refractivity contribution in [1.29, 1.82) is 0 Å². The molecule has 0 aliphatic rings. The Balaban J connectivity index is 0.000000810. The minimum absolute atomic E-state index is 0. The average Bonchev–Trinajstić information content (AvgIpc) is 1.80. The first-order valence-corrected chi connectivity index (χ1v) is 2.82. The second kappa shape index (κ2) is 3.32. The van der Waals surface area contributed by atoms with Crippen LogP contribution < -0.4 is 11.5 Å². The van der Waals surface area contributed by atoms with Crippen LogP contribution >= 0.6 is 12.4 Å². The van der Waals surface area contributed by atoms with Crippen molar-refractivity contribution in [3.63, 3.8) is 0 Å². The van der Waals surface area contributed by atoms with Crippen molar-refractivity contribution in [2.75, 3.05) is 11.5 Å². The molecule has 3 heteroatoms. The second-order valence-electron chi connectivity index (χ2n) is 2.13. The zero-order valence-corrected chi connectivity index (χ0v) is 6.61. The van der Waals surface area contributed by atoms with Crippen LogP contribution in [0.3, 0.4) is 0 Å². The Morgan fingerprint density at radius 2 is 1.70 bits per heavy atom. The van der Waals surface area contributed by atoms with Crippen molar-refractivity contribution >= 4 is 23.8 Å². The van der Waals surface area contributed by atoms with Crippen LogP contribution in [0.5, 0.6) is 0 Å². The number of aryl methyl sites for hydroxylation is 1. The molecule has 0 aliphatic heterocycles. The van der Waals surface area contributed by atoms with Crippen molar-refractivity contribution in [1.82, 2.24) is 0 Å². The summed E-state index contributed by atoms with van der Waals surface area (Å²) in [5.41, 5.74) is 13.4. The number of halogens is 1. The van der Waals surface area contributed by atoms with E-state index >= 15 is 0 Å². The van der Waals surface area contributed by atoms with Crippen LogP contribution in [0.1, 0.15) is 5.56 Å². The van der Waals surface area contributed by atoms with Gasteiger partial charge in [0.1, 0.15) is 0 Å². The van der Waals surface area contributed by atoms with Gasteiger partial charge in [-0.1, -0.05) is 6.07 Å². The smallest absolute Gasteiger partial charge is 0.0550 e. The molecule has 0 saturated carbocycles. The van der Waals surface area contributed by atoms with Crippen LogP contribution in [0, 0.1) is 6.92 Å². The summed E-state index contributed by atoms with van der Waals surface area (Å²) in [4.78, 5) is 0. The Labute approximate surface area is 66.6 Å². The molecule has 0 unspecified atom stereocenters. The Hall–Kier alpha value is -0.890. The minimum atomic E-state index is 0. The van der Waals surface area contributed by atoms with E-state index in [1.54, 1.807) is 0 Å². The number of hydrogen-bond acceptors (Lipinski definition) is 2. The molecule has 56 valence electrons. The van der Waals surface area contributed by atoms with Gasteiger partial charge in [-0.05, 0) is 24.6 Å². The maximum atomic E-state index is 5.50.